The van der Waals surface area contributed by atoms with Gasteiger partial charge in [0.05, 0.1) is 24.5 Å². The molecule has 126 valence electrons. The second-order valence-electron chi connectivity index (χ2n) is 5.65. The number of aliphatic hydroxyl groups excluding tert-OH is 3. The van der Waals surface area contributed by atoms with Gasteiger partial charge in [0.2, 0.25) is 0 Å². The van der Waals surface area contributed by atoms with Crippen molar-refractivity contribution in [3.05, 3.63) is 31.1 Å². The third-order valence-corrected chi connectivity index (χ3v) is 4.26. The molecule has 0 saturated carbocycles. The number of anilines is 1. The lowest BCUT2D eigenvalue weighted by atomic mass is 10.1. The summed E-state index contributed by atoms with van der Waals surface area (Å²) in [6.07, 6.45) is 1.91. The predicted octanol–water partition coefficient (Wildman–Crippen LogP) is -0.115. The van der Waals surface area contributed by atoms with Crippen LogP contribution < -0.4 is 5.73 Å². The maximum atomic E-state index is 10.3. The van der Waals surface area contributed by atoms with Gasteiger partial charge in [-0.25, -0.2) is 9.97 Å². The number of aliphatic hydroxyl groups is 3. The molecule has 1 saturated heterocycles. The van der Waals surface area contributed by atoms with Gasteiger partial charge >= 0.3 is 0 Å². The van der Waals surface area contributed by atoms with E-state index in [0.717, 1.165) is 11.1 Å². The number of furan rings is 1. The second kappa shape index (κ2) is 5.56. The number of hydrogen-bond donors (Lipinski definition) is 4. The Kier molecular flexibility index (Phi) is 3.50. The van der Waals surface area contributed by atoms with Gasteiger partial charge in [-0.05, 0) is 6.07 Å². The minimum Gasteiger partial charge on any atom is -0.472 e. The zero-order chi connectivity index (χ0) is 16.8. The summed E-state index contributed by atoms with van der Waals surface area (Å²) in [5.41, 5.74) is 7.94. The van der Waals surface area contributed by atoms with Crippen LogP contribution in [-0.4, -0.2) is 54.8 Å². The third-order valence-electron chi connectivity index (χ3n) is 4.26. The largest absolute Gasteiger partial charge is 0.472 e. The van der Waals surface area contributed by atoms with Crippen LogP contribution >= 0.6 is 0 Å². The van der Waals surface area contributed by atoms with E-state index >= 15 is 0 Å². The van der Waals surface area contributed by atoms with Gasteiger partial charge in [0.1, 0.15) is 36.1 Å². The fraction of sp³-hybridized carbons (Fsp3) is 0.333. The van der Waals surface area contributed by atoms with Gasteiger partial charge in [-0.3, -0.25) is 0 Å². The van der Waals surface area contributed by atoms with Crippen LogP contribution in [0.3, 0.4) is 0 Å². The van der Waals surface area contributed by atoms with Crippen LogP contribution in [0, 0.1) is 0 Å². The summed E-state index contributed by atoms with van der Waals surface area (Å²) in [5.74, 6) is 0.279. The van der Waals surface area contributed by atoms with E-state index in [9.17, 15) is 15.3 Å². The van der Waals surface area contributed by atoms with Crippen molar-refractivity contribution in [2.24, 2.45) is 0 Å². The average molecular weight is 332 g/mol. The number of rotatable bonds is 3. The standard InChI is InChI=1S/C15H16N4O5/c16-13-10-8(7-1-2-23-5-7)3-19(14(10)18-6-17-13)15-12(22)11(21)9(4-20)24-15/h1-3,5-6,9,11-12,15,20-22H,4H2,(H2,16,17,18)/t9-,11?,12?,15-/m1/s1. The molecule has 9 nitrogen and oxygen atoms in total. The molecule has 0 radical (unpaired) electrons. The fourth-order valence-corrected chi connectivity index (χ4v) is 3.05. The van der Waals surface area contributed by atoms with Crippen LogP contribution in [0.1, 0.15) is 6.23 Å². The molecular formula is C15H16N4O5. The summed E-state index contributed by atoms with van der Waals surface area (Å²) < 4.78 is 12.3. The molecule has 0 aliphatic carbocycles. The molecular weight excluding hydrogens is 316 g/mol. The second-order valence-corrected chi connectivity index (χ2v) is 5.65. The average Bonchev–Trinajstić information content (AvgIpc) is 3.28. The van der Waals surface area contributed by atoms with E-state index in [1.54, 1.807) is 23.1 Å². The highest BCUT2D eigenvalue weighted by Crippen LogP contribution is 2.38. The number of fused-ring (bicyclic) bond motifs is 1. The normalized spacial score (nSPS) is 27.1. The van der Waals surface area contributed by atoms with Crippen molar-refractivity contribution >= 4 is 16.9 Å². The molecule has 1 aliphatic heterocycles. The molecule has 4 heterocycles. The minimum absolute atomic E-state index is 0.279. The highest BCUT2D eigenvalue weighted by Gasteiger charge is 2.44. The molecule has 1 fully saturated rings. The maximum absolute atomic E-state index is 10.3. The summed E-state index contributed by atoms with van der Waals surface area (Å²) in [4.78, 5) is 8.25. The smallest absolute Gasteiger partial charge is 0.164 e. The summed E-state index contributed by atoms with van der Waals surface area (Å²) in [5, 5.41) is 30.1. The van der Waals surface area contributed by atoms with E-state index in [1.165, 1.54) is 12.6 Å². The van der Waals surface area contributed by atoms with Crippen molar-refractivity contribution in [3.8, 4) is 11.1 Å². The van der Waals surface area contributed by atoms with E-state index in [4.69, 9.17) is 14.9 Å². The Morgan fingerprint density at radius 2 is 2.08 bits per heavy atom. The monoisotopic (exact) mass is 332 g/mol. The summed E-state index contributed by atoms with van der Waals surface area (Å²) in [6, 6.07) is 1.77. The fourth-order valence-electron chi connectivity index (χ4n) is 3.05. The molecule has 3 aromatic rings. The lowest BCUT2D eigenvalue weighted by Crippen LogP contribution is -2.33. The topological polar surface area (TPSA) is 140 Å². The molecule has 3 aromatic heterocycles. The quantitative estimate of drug-likeness (QED) is 0.520. The van der Waals surface area contributed by atoms with Gasteiger partial charge in [0, 0.05) is 17.3 Å². The van der Waals surface area contributed by atoms with Crippen LogP contribution in [-0.2, 0) is 4.74 Å². The molecule has 0 aromatic carbocycles. The van der Waals surface area contributed by atoms with Crippen molar-refractivity contribution in [1.29, 1.82) is 0 Å². The van der Waals surface area contributed by atoms with Gasteiger partial charge in [-0.1, -0.05) is 0 Å². The molecule has 5 N–H and O–H groups in total. The molecule has 0 amide bonds. The molecule has 4 rings (SSSR count). The molecule has 9 heteroatoms. The van der Waals surface area contributed by atoms with Crippen LogP contribution in [0.5, 0.6) is 0 Å². The molecule has 24 heavy (non-hydrogen) atoms. The van der Waals surface area contributed by atoms with E-state index in [2.05, 4.69) is 9.97 Å². The van der Waals surface area contributed by atoms with E-state index in [0.29, 0.717) is 11.0 Å². The lowest BCUT2D eigenvalue weighted by molar-refractivity contribution is -0.0508. The molecule has 0 bridgehead atoms. The predicted molar refractivity (Wildman–Crippen MR) is 82.7 cm³/mol. The number of aromatic nitrogens is 3. The van der Waals surface area contributed by atoms with Gasteiger partial charge in [0.15, 0.2) is 6.23 Å². The zero-order valence-electron chi connectivity index (χ0n) is 12.5. The Morgan fingerprint density at radius 1 is 1.25 bits per heavy atom. The number of nitrogens with two attached hydrogens (primary N) is 1. The molecule has 0 spiro atoms. The van der Waals surface area contributed by atoms with E-state index in [1.807, 2.05) is 0 Å². The first-order chi connectivity index (χ1) is 11.6. The third kappa shape index (κ3) is 2.10. The van der Waals surface area contributed by atoms with E-state index in [-0.39, 0.29) is 5.82 Å². The lowest BCUT2D eigenvalue weighted by Gasteiger charge is -2.17. The highest BCUT2D eigenvalue weighted by atomic mass is 16.6. The maximum Gasteiger partial charge on any atom is 0.164 e. The van der Waals surface area contributed by atoms with Gasteiger partial charge < -0.3 is 34.8 Å². The van der Waals surface area contributed by atoms with Crippen molar-refractivity contribution in [2.45, 2.75) is 24.5 Å². The summed E-state index contributed by atoms with van der Waals surface area (Å²) in [7, 11) is 0. The van der Waals surface area contributed by atoms with Crippen LogP contribution in [0.4, 0.5) is 5.82 Å². The molecule has 2 unspecified atom stereocenters. The number of ether oxygens (including phenoxy) is 1. The summed E-state index contributed by atoms with van der Waals surface area (Å²) >= 11 is 0. The first kappa shape index (κ1) is 15.1. The van der Waals surface area contributed by atoms with Crippen molar-refractivity contribution in [2.75, 3.05) is 12.3 Å². The van der Waals surface area contributed by atoms with Crippen LogP contribution in [0.25, 0.3) is 22.2 Å². The molecule has 1 aliphatic rings. The summed E-state index contributed by atoms with van der Waals surface area (Å²) in [6.45, 7) is -0.403. The van der Waals surface area contributed by atoms with Crippen molar-refractivity contribution in [3.63, 3.8) is 0 Å². The zero-order valence-corrected chi connectivity index (χ0v) is 12.5. The number of nitrogens with zero attached hydrogens (tertiary/aromatic N) is 3. The Labute approximate surface area is 135 Å². The first-order valence-corrected chi connectivity index (χ1v) is 7.38. The van der Waals surface area contributed by atoms with Crippen molar-refractivity contribution in [1.82, 2.24) is 14.5 Å². The first-order valence-electron chi connectivity index (χ1n) is 7.38. The Morgan fingerprint density at radius 3 is 2.75 bits per heavy atom. The van der Waals surface area contributed by atoms with Crippen molar-refractivity contribution < 1.29 is 24.5 Å². The molecule has 4 atom stereocenters. The van der Waals surface area contributed by atoms with Crippen LogP contribution in [0.15, 0.2) is 35.5 Å². The highest BCUT2D eigenvalue weighted by molar-refractivity contribution is 6.00. The Balaban J connectivity index is 1.90. The van der Waals surface area contributed by atoms with Gasteiger partial charge in [0.25, 0.3) is 0 Å². The SMILES string of the molecule is Nc1ncnc2c1c(-c1ccoc1)cn2[C@@H]1O[C@H](CO)C(O)C1O. The minimum atomic E-state index is -1.22. The van der Waals surface area contributed by atoms with Gasteiger partial charge in [-0.2, -0.15) is 0 Å². The number of hydrogen-bond acceptors (Lipinski definition) is 8. The number of nitrogen functional groups attached to an aromatic ring is 1. The van der Waals surface area contributed by atoms with Gasteiger partial charge in [-0.15, -0.1) is 0 Å². The van der Waals surface area contributed by atoms with E-state index < -0.39 is 31.1 Å². The Bertz CT molecular complexity index is 862. The Hall–Kier alpha value is -2.46. The van der Waals surface area contributed by atoms with Crippen LogP contribution in [0.2, 0.25) is 0 Å².